The first-order chi connectivity index (χ1) is 11.4. The van der Waals surface area contributed by atoms with Crippen molar-refractivity contribution in [2.75, 3.05) is 0 Å². The highest BCUT2D eigenvalue weighted by Gasteiger charge is 2.20. The molecule has 2 nitrogen and oxygen atoms in total. The van der Waals surface area contributed by atoms with E-state index < -0.39 is 0 Å². The van der Waals surface area contributed by atoms with Crippen molar-refractivity contribution in [3.05, 3.63) is 64.2 Å². The minimum Gasteiger partial charge on any atom is -0.349 e. The summed E-state index contributed by atoms with van der Waals surface area (Å²) in [5.41, 5.74) is 3.58. The summed E-state index contributed by atoms with van der Waals surface area (Å²) in [6.07, 6.45) is 0.776. The Balaban J connectivity index is 2.05. The van der Waals surface area contributed by atoms with Crippen molar-refractivity contribution in [1.29, 1.82) is 0 Å². The number of hydrogen-bond acceptors (Lipinski definition) is 2. The van der Waals surface area contributed by atoms with Gasteiger partial charge in [-0.1, -0.05) is 42.3 Å². The van der Waals surface area contributed by atoms with Gasteiger partial charge < -0.3 is 5.32 Å². The first-order valence-electron chi connectivity index (χ1n) is 8.20. The van der Waals surface area contributed by atoms with Crippen LogP contribution in [-0.4, -0.2) is 11.2 Å². The minimum atomic E-state index is -0.112. The summed E-state index contributed by atoms with van der Waals surface area (Å²) in [4.78, 5) is 13.7. The molecule has 4 heteroatoms. The summed E-state index contributed by atoms with van der Waals surface area (Å²) in [6.45, 7) is 8.23. The van der Waals surface area contributed by atoms with Crippen LogP contribution in [-0.2, 0) is 4.79 Å². The molecule has 0 aromatic heterocycles. The van der Waals surface area contributed by atoms with Gasteiger partial charge in [-0.15, -0.1) is 11.8 Å². The van der Waals surface area contributed by atoms with Crippen molar-refractivity contribution < 1.29 is 4.79 Å². The van der Waals surface area contributed by atoms with Gasteiger partial charge >= 0.3 is 0 Å². The first-order valence-corrected chi connectivity index (χ1v) is 9.46. The number of aryl methyl sites for hydroxylation is 2. The molecule has 0 spiro atoms. The van der Waals surface area contributed by atoms with Gasteiger partial charge in [0.25, 0.3) is 0 Å². The van der Waals surface area contributed by atoms with Crippen LogP contribution >= 0.6 is 23.4 Å². The Morgan fingerprint density at radius 1 is 1.17 bits per heavy atom. The largest absolute Gasteiger partial charge is 0.349 e. The number of carbonyl (C=O) groups is 1. The smallest absolute Gasteiger partial charge is 0.233 e. The lowest BCUT2D eigenvalue weighted by atomic mass is 10.00. The van der Waals surface area contributed by atoms with E-state index in [4.69, 9.17) is 11.6 Å². The van der Waals surface area contributed by atoms with Gasteiger partial charge in [0.1, 0.15) is 0 Å². The van der Waals surface area contributed by atoms with E-state index in [1.54, 1.807) is 11.8 Å². The van der Waals surface area contributed by atoms with Crippen LogP contribution in [0, 0.1) is 13.8 Å². The zero-order valence-electron chi connectivity index (χ0n) is 14.6. The number of benzene rings is 2. The van der Waals surface area contributed by atoms with Gasteiger partial charge in [0.05, 0.1) is 11.3 Å². The molecule has 0 bridgehead atoms. The van der Waals surface area contributed by atoms with E-state index in [1.165, 1.54) is 16.7 Å². The van der Waals surface area contributed by atoms with Crippen LogP contribution in [0.25, 0.3) is 0 Å². The van der Waals surface area contributed by atoms with E-state index in [1.807, 2.05) is 38.1 Å². The van der Waals surface area contributed by atoms with Crippen LogP contribution < -0.4 is 5.32 Å². The average Bonchev–Trinajstić information content (AvgIpc) is 2.56. The Bertz CT molecular complexity index is 699. The molecule has 2 aromatic carbocycles. The van der Waals surface area contributed by atoms with Crippen LogP contribution in [0.4, 0.5) is 0 Å². The van der Waals surface area contributed by atoms with Crippen molar-refractivity contribution in [2.24, 2.45) is 0 Å². The molecule has 2 rings (SSSR count). The molecule has 0 aliphatic rings. The van der Waals surface area contributed by atoms with Crippen molar-refractivity contribution in [2.45, 2.75) is 50.3 Å². The molecular weight excluding hydrogens is 338 g/mol. The van der Waals surface area contributed by atoms with Crippen LogP contribution in [0.5, 0.6) is 0 Å². The fraction of sp³-hybridized carbons (Fsp3) is 0.350. The molecule has 0 radical (unpaired) electrons. The predicted octanol–water partition coefficient (Wildman–Crippen LogP) is 5.70. The molecule has 24 heavy (non-hydrogen) atoms. The maximum Gasteiger partial charge on any atom is 0.233 e. The molecule has 1 N–H and O–H groups in total. The molecule has 2 aromatic rings. The van der Waals surface area contributed by atoms with Crippen LogP contribution in [0.2, 0.25) is 5.02 Å². The molecule has 0 saturated carbocycles. The topological polar surface area (TPSA) is 29.1 Å². The van der Waals surface area contributed by atoms with Gasteiger partial charge in [-0.25, -0.2) is 0 Å². The number of thioether (sulfide) groups is 1. The lowest BCUT2D eigenvalue weighted by molar-refractivity contribution is -0.121. The molecule has 0 fully saturated rings. The number of halogens is 1. The maximum absolute atomic E-state index is 12.7. The number of nitrogens with one attached hydrogen (secondary N) is 1. The van der Waals surface area contributed by atoms with Crippen molar-refractivity contribution >= 4 is 29.3 Å². The Hall–Kier alpha value is -1.45. The van der Waals surface area contributed by atoms with Gasteiger partial charge in [0.15, 0.2) is 0 Å². The highest BCUT2D eigenvalue weighted by Crippen LogP contribution is 2.28. The highest BCUT2D eigenvalue weighted by atomic mass is 35.5. The SMILES string of the molecule is CC[C@H](Sc1ccc(Cl)cc1)C(=O)N[C@@H](C)c1cc(C)ccc1C. The molecule has 0 unspecified atom stereocenters. The standard InChI is InChI=1S/C20H24ClNOS/c1-5-19(24-17-10-8-16(21)9-11-17)20(23)22-15(4)18-12-13(2)6-7-14(18)3/h6-12,15,19H,5H2,1-4H3,(H,22,23)/t15-,19-/m0/s1. The molecule has 0 aliphatic heterocycles. The minimum absolute atomic E-state index is 0.00253. The Morgan fingerprint density at radius 2 is 1.83 bits per heavy atom. The van der Waals surface area contributed by atoms with E-state index in [0.29, 0.717) is 5.02 Å². The second-order valence-electron chi connectivity index (χ2n) is 6.06. The summed E-state index contributed by atoms with van der Waals surface area (Å²) in [7, 11) is 0. The van der Waals surface area contributed by atoms with Crippen LogP contribution in [0.15, 0.2) is 47.4 Å². The second-order valence-corrected chi connectivity index (χ2v) is 7.77. The number of amides is 1. The lowest BCUT2D eigenvalue weighted by Crippen LogP contribution is -2.34. The Kier molecular flexibility index (Phi) is 6.76. The molecule has 1 amide bonds. The quantitative estimate of drug-likeness (QED) is 0.668. The zero-order chi connectivity index (χ0) is 17.7. The van der Waals surface area contributed by atoms with E-state index in [2.05, 4.69) is 37.4 Å². The fourth-order valence-electron chi connectivity index (χ4n) is 2.61. The van der Waals surface area contributed by atoms with E-state index in [0.717, 1.165) is 11.3 Å². The van der Waals surface area contributed by atoms with Crippen molar-refractivity contribution in [1.82, 2.24) is 5.32 Å². The lowest BCUT2D eigenvalue weighted by Gasteiger charge is -2.21. The Labute approximate surface area is 154 Å². The summed E-state index contributed by atoms with van der Waals surface area (Å²) in [5, 5.41) is 3.76. The third-order valence-electron chi connectivity index (χ3n) is 4.02. The second kappa shape index (κ2) is 8.59. The van der Waals surface area contributed by atoms with Gasteiger partial charge in [0, 0.05) is 9.92 Å². The van der Waals surface area contributed by atoms with E-state index >= 15 is 0 Å². The summed E-state index contributed by atoms with van der Waals surface area (Å²) < 4.78 is 0. The molecule has 0 aliphatic carbocycles. The molecular formula is C20H24ClNOS. The third kappa shape index (κ3) is 5.02. The molecule has 128 valence electrons. The summed E-state index contributed by atoms with van der Waals surface area (Å²) in [5.74, 6) is 0.0749. The fourth-order valence-corrected chi connectivity index (χ4v) is 3.70. The van der Waals surface area contributed by atoms with Crippen LogP contribution in [0.1, 0.15) is 43.0 Å². The van der Waals surface area contributed by atoms with Gasteiger partial charge in [0.2, 0.25) is 5.91 Å². The summed E-state index contributed by atoms with van der Waals surface area (Å²) >= 11 is 7.50. The van der Waals surface area contributed by atoms with E-state index in [-0.39, 0.29) is 17.2 Å². The Morgan fingerprint density at radius 3 is 2.46 bits per heavy atom. The monoisotopic (exact) mass is 361 g/mol. The van der Waals surface area contributed by atoms with Crippen molar-refractivity contribution in [3.63, 3.8) is 0 Å². The number of hydrogen-bond donors (Lipinski definition) is 1. The number of rotatable bonds is 6. The molecule has 0 heterocycles. The normalized spacial score (nSPS) is 13.4. The predicted molar refractivity (Wildman–Crippen MR) is 104 cm³/mol. The van der Waals surface area contributed by atoms with E-state index in [9.17, 15) is 4.79 Å². The van der Waals surface area contributed by atoms with Crippen LogP contribution in [0.3, 0.4) is 0 Å². The first kappa shape index (κ1) is 18.9. The highest BCUT2D eigenvalue weighted by molar-refractivity contribution is 8.00. The van der Waals surface area contributed by atoms with Gasteiger partial charge in [-0.05, 0) is 62.6 Å². The zero-order valence-corrected chi connectivity index (χ0v) is 16.2. The number of carbonyl (C=O) groups excluding carboxylic acids is 1. The average molecular weight is 362 g/mol. The van der Waals surface area contributed by atoms with Gasteiger partial charge in [-0.2, -0.15) is 0 Å². The van der Waals surface area contributed by atoms with Crippen molar-refractivity contribution in [3.8, 4) is 0 Å². The third-order valence-corrected chi connectivity index (χ3v) is 5.64. The van der Waals surface area contributed by atoms with Gasteiger partial charge in [-0.3, -0.25) is 4.79 Å². The molecule has 2 atom stereocenters. The maximum atomic E-state index is 12.7. The summed E-state index contributed by atoms with van der Waals surface area (Å²) in [6, 6.07) is 14.0. The molecule has 0 saturated heterocycles.